The Balaban J connectivity index is 2.11. The third-order valence-electron chi connectivity index (χ3n) is 7.30. The highest BCUT2D eigenvalue weighted by Crippen LogP contribution is 2.32. The molecule has 1 unspecified atom stereocenters. The quantitative estimate of drug-likeness (QED) is 0.277. The van der Waals surface area contributed by atoms with Crippen LogP contribution in [0.15, 0.2) is 48.5 Å². The molecule has 0 aliphatic carbocycles. The first-order chi connectivity index (χ1) is 16.6. The highest BCUT2D eigenvalue weighted by Gasteiger charge is 2.28. The topological polar surface area (TPSA) is 70.0 Å². The van der Waals surface area contributed by atoms with Crippen molar-refractivity contribution in [3.63, 3.8) is 0 Å². The van der Waals surface area contributed by atoms with Crippen molar-refractivity contribution in [3.8, 4) is 0 Å². The van der Waals surface area contributed by atoms with Gasteiger partial charge in [0.15, 0.2) is 0 Å². The van der Waals surface area contributed by atoms with E-state index in [2.05, 4.69) is 58.1 Å². The van der Waals surface area contributed by atoms with Crippen LogP contribution in [0.1, 0.15) is 99.8 Å². The van der Waals surface area contributed by atoms with Crippen molar-refractivity contribution in [2.75, 3.05) is 0 Å². The minimum atomic E-state index is -0.387. The van der Waals surface area contributed by atoms with Crippen molar-refractivity contribution in [2.24, 2.45) is 17.3 Å². The smallest absolute Gasteiger partial charge is 0.251 e. The van der Waals surface area contributed by atoms with Gasteiger partial charge in [-0.3, -0.25) is 9.59 Å². The SMILES string of the molecule is CCCC[C@H](NC(=O)c1cc(C)cc(CCC(C=N)C(=O)CC(C)(C)C(C)C)c1)c1ccccc1. The fraction of sp³-hybridized carbons (Fsp3) is 0.516. The van der Waals surface area contributed by atoms with Crippen molar-refractivity contribution in [2.45, 2.75) is 86.1 Å². The van der Waals surface area contributed by atoms with E-state index in [4.69, 9.17) is 5.41 Å². The first-order valence-corrected chi connectivity index (χ1v) is 13.1. The fourth-order valence-corrected chi connectivity index (χ4v) is 4.24. The Morgan fingerprint density at radius 2 is 1.74 bits per heavy atom. The number of benzene rings is 2. The van der Waals surface area contributed by atoms with Crippen LogP contribution in [0.5, 0.6) is 0 Å². The van der Waals surface area contributed by atoms with Gasteiger partial charge in [-0.1, -0.05) is 89.4 Å². The summed E-state index contributed by atoms with van der Waals surface area (Å²) in [6, 6.07) is 16.1. The van der Waals surface area contributed by atoms with Gasteiger partial charge in [0.25, 0.3) is 5.91 Å². The second-order valence-corrected chi connectivity index (χ2v) is 10.9. The van der Waals surface area contributed by atoms with E-state index >= 15 is 0 Å². The summed E-state index contributed by atoms with van der Waals surface area (Å²) in [5.74, 6) is 0.0688. The summed E-state index contributed by atoms with van der Waals surface area (Å²) < 4.78 is 0. The Hall–Kier alpha value is -2.75. The number of hydrogen-bond acceptors (Lipinski definition) is 3. The Bertz CT molecular complexity index is 979. The summed E-state index contributed by atoms with van der Waals surface area (Å²) in [5.41, 5.74) is 3.74. The van der Waals surface area contributed by atoms with E-state index in [1.165, 1.54) is 6.21 Å². The molecular weight excluding hydrogens is 432 g/mol. The molecule has 0 aliphatic heterocycles. The van der Waals surface area contributed by atoms with Gasteiger partial charge in [-0.15, -0.1) is 0 Å². The van der Waals surface area contributed by atoms with Gasteiger partial charge in [-0.2, -0.15) is 0 Å². The fourth-order valence-electron chi connectivity index (χ4n) is 4.24. The van der Waals surface area contributed by atoms with Crippen LogP contribution in [0.2, 0.25) is 0 Å². The summed E-state index contributed by atoms with van der Waals surface area (Å²) in [5, 5.41) is 11.1. The third-order valence-corrected chi connectivity index (χ3v) is 7.30. The summed E-state index contributed by atoms with van der Waals surface area (Å²) in [7, 11) is 0. The summed E-state index contributed by atoms with van der Waals surface area (Å²) in [6.07, 6.45) is 6.05. The molecule has 0 saturated carbocycles. The normalized spacial score (nSPS) is 13.3. The summed E-state index contributed by atoms with van der Waals surface area (Å²) in [6.45, 7) is 12.7. The molecule has 2 aromatic rings. The van der Waals surface area contributed by atoms with Crippen molar-refractivity contribution < 1.29 is 9.59 Å². The van der Waals surface area contributed by atoms with E-state index < -0.39 is 0 Å². The molecular formula is C31H44N2O2. The first kappa shape index (κ1) is 28.5. The Morgan fingerprint density at radius 3 is 2.34 bits per heavy atom. The van der Waals surface area contributed by atoms with Crippen molar-refractivity contribution in [3.05, 3.63) is 70.8 Å². The molecule has 0 saturated heterocycles. The van der Waals surface area contributed by atoms with Crippen LogP contribution in [-0.2, 0) is 11.2 Å². The van der Waals surface area contributed by atoms with Crippen LogP contribution < -0.4 is 5.32 Å². The molecule has 2 rings (SSSR count). The molecule has 190 valence electrons. The maximum atomic E-state index is 13.2. The number of Topliss-reactive ketones (excluding diaryl/α,β-unsaturated/α-hetero) is 1. The number of carbonyl (C=O) groups excluding carboxylic acids is 2. The molecule has 0 heterocycles. The summed E-state index contributed by atoms with van der Waals surface area (Å²) in [4.78, 5) is 26.1. The molecule has 4 heteroatoms. The van der Waals surface area contributed by atoms with Crippen molar-refractivity contribution >= 4 is 17.9 Å². The summed E-state index contributed by atoms with van der Waals surface area (Å²) >= 11 is 0. The van der Waals surface area contributed by atoms with E-state index in [1.807, 2.05) is 37.3 Å². The number of ketones is 1. The predicted molar refractivity (Wildman–Crippen MR) is 146 cm³/mol. The van der Waals surface area contributed by atoms with Gasteiger partial charge in [0, 0.05) is 18.2 Å². The third kappa shape index (κ3) is 8.76. The van der Waals surface area contributed by atoms with Gasteiger partial charge < -0.3 is 10.7 Å². The molecule has 0 aromatic heterocycles. The average molecular weight is 477 g/mol. The molecule has 4 nitrogen and oxygen atoms in total. The number of aryl methyl sites for hydroxylation is 2. The van der Waals surface area contributed by atoms with E-state index in [0.29, 0.717) is 30.7 Å². The molecule has 2 aromatic carbocycles. The number of amides is 1. The van der Waals surface area contributed by atoms with E-state index in [-0.39, 0.29) is 29.1 Å². The standard InChI is InChI=1S/C31H44N2O2/c1-7-8-14-28(25-12-10-9-11-13-25)33-30(35)27-18-23(4)17-24(19-27)15-16-26(21-32)29(34)20-31(5,6)22(2)3/h9-13,17-19,21-22,26,28,32H,7-8,14-16,20H2,1-6H3,(H,33,35)/t26?,28-/m0/s1. The zero-order chi connectivity index (χ0) is 26.0. The molecule has 0 bridgehead atoms. The van der Waals surface area contributed by atoms with Gasteiger partial charge in [-0.25, -0.2) is 0 Å². The molecule has 2 N–H and O–H groups in total. The van der Waals surface area contributed by atoms with Crippen LogP contribution in [0, 0.1) is 29.6 Å². The number of unbranched alkanes of at least 4 members (excludes halogenated alkanes) is 1. The van der Waals surface area contributed by atoms with Gasteiger partial charge in [-0.05, 0) is 60.8 Å². The van der Waals surface area contributed by atoms with Gasteiger partial charge >= 0.3 is 0 Å². The van der Waals surface area contributed by atoms with E-state index in [0.717, 1.165) is 36.0 Å². The highest BCUT2D eigenvalue weighted by atomic mass is 16.1. The van der Waals surface area contributed by atoms with Crippen LogP contribution in [-0.4, -0.2) is 17.9 Å². The minimum absolute atomic E-state index is 0.0168. The average Bonchev–Trinajstić information content (AvgIpc) is 2.81. The van der Waals surface area contributed by atoms with Gasteiger partial charge in [0.05, 0.1) is 12.0 Å². The molecule has 1 amide bonds. The van der Waals surface area contributed by atoms with Gasteiger partial charge in [0.1, 0.15) is 5.78 Å². The minimum Gasteiger partial charge on any atom is -0.345 e. The van der Waals surface area contributed by atoms with Gasteiger partial charge in [0.2, 0.25) is 0 Å². The van der Waals surface area contributed by atoms with E-state index in [1.54, 1.807) is 0 Å². The highest BCUT2D eigenvalue weighted by molar-refractivity contribution is 5.95. The number of carbonyl (C=O) groups is 2. The van der Waals surface area contributed by atoms with Crippen molar-refractivity contribution in [1.29, 1.82) is 5.41 Å². The second-order valence-electron chi connectivity index (χ2n) is 10.9. The Kier molecular flexibility index (Phi) is 10.9. The number of hydrogen-bond donors (Lipinski definition) is 2. The molecule has 35 heavy (non-hydrogen) atoms. The lowest BCUT2D eigenvalue weighted by Gasteiger charge is -2.29. The largest absolute Gasteiger partial charge is 0.345 e. The number of nitrogens with one attached hydrogen (secondary N) is 2. The van der Waals surface area contributed by atoms with Crippen LogP contribution in [0.4, 0.5) is 0 Å². The zero-order valence-corrected chi connectivity index (χ0v) is 22.5. The molecule has 2 atom stereocenters. The molecule has 0 radical (unpaired) electrons. The number of rotatable bonds is 14. The Labute approximate surface area is 212 Å². The lowest BCUT2D eigenvalue weighted by atomic mass is 9.75. The zero-order valence-electron chi connectivity index (χ0n) is 22.5. The Morgan fingerprint density at radius 1 is 1.06 bits per heavy atom. The maximum absolute atomic E-state index is 13.2. The molecule has 0 fully saturated rings. The maximum Gasteiger partial charge on any atom is 0.251 e. The van der Waals surface area contributed by atoms with Crippen LogP contribution >= 0.6 is 0 Å². The lowest BCUT2D eigenvalue weighted by molar-refractivity contribution is -0.123. The first-order valence-electron chi connectivity index (χ1n) is 13.1. The van der Waals surface area contributed by atoms with Crippen LogP contribution in [0.25, 0.3) is 0 Å². The van der Waals surface area contributed by atoms with Crippen LogP contribution in [0.3, 0.4) is 0 Å². The predicted octanol–water partition coefficient (Wildman–Crippen LogP) is 7.50. The molecule has 0 aliphatic rings. The monoisotopic (exact) mass is 476 g/mol. The second kappa shape index (κ2) is 13.4. The molecule has 0 spiro atoms. The lowest BCUT2D eigenvalue weighted by Crippen LogP contribution is -2.29. The van der Waals surface area contributed by atoms with Crippen molar-refractivity contribution in [1.82, 2.24) is 5.32 Å². The van der Waals surface area contributed by atoms with E-state index in [9.17, 15) is 9.59 Å².